The van der Waals surface area contributed by atoms with Gasteiger partial charge in [0.25, 0.3) is 0 Å². The van der Waals surface area contributed by atoms with Gasteiger partial charge < -0.3 is 10.4 Å². The summed E-state index contributed by atoms with van der Waals surface area (Å²) in [6, 6.07) is 6.40. The second kappa shape index (κ2) is 8.76. The van der Waals surface area contributed by atoms with Crippen molar-refractivity contribution in [2.24, 2.45) is 0 Å². The first-order chi connectivity index (χ1) is 9.95. The zero-order valence-electron chi connectivity index (χ0n) is 12.1. The number of sulfonamides is 1. The van der Waals surface area contributed by atoms with Gasteiger partial charge in [0.2, 0.25) is 15.9 Å². The van der Waals surface area contributed by atoms with Crippen molar-refractivity contribution in [1.82, 2.24) is 10.0 Å². The van der Waals surface area contributed by atoms with Crippen LogP contribution < -0.4 is 10.0 Å². The fraction of sp³-hybridized carbons (Fsp3) is 0.500. The third-order valence-electron chi connectivity index (χ3n) is 2.90. The average Bonchev–Trinajstić information content (AvgIpc) is 2.45. The standard InChI is InChI=1S/C14H22N2O4S/c1-12(18)15-11-13-5-7-14(8-6-13)21(19,20)16-9-3-2-4-10-17/h5-8,16-17H,2-4,9-11H2,1H3,(H,15,18). The Labute approximate surface area is 125 Å². The summed E-state index contributed by atoms with van der Waals surface area (Å²) in [4.78, 5) is 11.0. The molecule has 0 heterocycles. The van der Waals surface area contributed by atoms with E-state index >= 15 is 0 Å². The molecule has 1 rings (SSSR count). The molecule has 0 aliphatic heterocycles. The molecule has 0 aliphatic carbocycles. The van der Waals surface area contributed by atoms with E-state index in [9.17, 15) is 13.2 Å². The van der Waals surface area contributed by atoms with E-state index in [-0.39, 0.29) is 17.4 Å². The van der Waals surface area contributed by atoms with Gasteiger partial charge >= 0.3 is 0 Å². The van der Waals surface area contributed by atoms with Crippen molar-refractivity contribution in [2.75, 3.05) is 13.2 Å². The molecule has 0 bridgehead atoms. The molecule has 0 fully saturated rings. The van der Waals surface area contributed by atoms with Crippen molar-refractivity contribution in [1.29, 1.82) is 0 Å². The smallest absolute Gasteiger partial charge is 0.240 e. The Morgan fingerprint density at radius 2 is 1.81 bits per heavy atom. The lowest BCUT2D eigenvalue weighted by Crippen LogP contribution is -2.25. The fourth-order valence-corrected chi connectivity index (χ4v) is 2.79. The Bertz CT molecular complexity index is 541. The van der Waals surface area contributed by atoms with Gasteiger partial charge in [0.1, 0.15) is 0 Å². The Morgan fingerprint density at radius 3 is 2.38 bits per heavy atom. The highest BCUT2D eigenvalue weighted by atomic mass is 32.2. The molecule has 3 N–H and O–H groups in total. The SMILES string of the molecule is CC(=O)NCc1ccc(S(=O)(=O)NCCCCCO)cc1. The molecule has 118 valence electrons. The second-order valence-corrected chi connectivity index (χ2v) is 6.50. The van der Waals surface area contributed by atoms with E-state index in [1.54, 1.807) is 12.1 Å². The molecular formula is C14H22N2O4S. The Balaban J connectivity index is 2.52. The molecule has 1 amide bonds. The third-order valence-corrected chi connectivity index (χ3v) is 4.38. The van der Waals surface area contributed by atoms with Crippen molar-refractivity contribution in [3.63, 3.8) is 0 Å². The Kier molecular flexibility index (Phi) is 7.35. The molecule has 0 radical (unpaired) electrons. The fourth-order valence-electron chi connectivity index (χ4n) is 1.72. The van der Waals surface area contributed by atoms with Crippen LogP contribution in [0.5, 0.6) is 0 Å². The van der Waals surface area contributed by atoms with Crippen molar-refractivity contribution >= 4 is 15.9 Å². The summed E-state index contributed by atoms with van der Waals surface area (Å²) >= 11 is 0. The maximum Gasteiger partial charge on any atom is 0.240 e. The number of amides is 1. The quantitative estimate of drug-likeness (QED) is 0.587. The maximum atomic E-state index is 12.0. The number of carbonyl (C=O) groups excluding carboxylic acids is 1. The summed E-state index contributed by atoms with van der Waals surface area (Å²) in [5.74, 6) is -0.128. The molecule has 0 spiro atoms. The predicted molar refractivity (Wildman–Crippen MR) is 80.1 cm³/mol. The summed E-state index contributed by atoms with van der Waals surface area (Å²) in [6.07, 6.45) is 2.16. The van der Waals surface area contributed by atoms with Crippen LogP contribution in [0.1, 0.15) is 31.7 Å². The third kappa shape index (κ3) is 6.70. The first kappa shape index (κ1) is 17.6. The van der Waals surface area contributed by atoms with E-state index in [0.717, 1.165) is 12.0 Å². The summed E-state index contributed by atoms with van der Waals surface area (Å²) in [6.45, 7) is 2.29. The number of carbonyl (C=O) groups is 1. The Hall–Kier alpha value is -1.44. The van der Waals surface area contributed by atoms with Crippen LogP contribution >= 0.6 is 0 Å². The number of hydrogen-bond acceptors (Lipinski definition) is 4. The van der Waals surface area contributed by atoms with E-state index in [4.69, 9.17) is 5.11 Å². The van der Waals surface area contributed by atoms with Gasteiger partial charge in [-0.1, -0.05) is 12.1 Å². The molecule has 0 unspecified atom stereocenters. The lowest BCUT2D eigenvalue weighted by molar-refractivity contribution is -0.119. The number of benzene rings is 1. The van der Waals surface area contributed by atoms with Crippen LogP contribution in [0.4, 0.5) is 0 Å². The molecule has 7 heteroatoms. The van der Waals surface area contributed by atoms with Crippen LogP contribution in [-0.4, -0.2) is 32.6 Å². The summed E-state index contributed by atoms with van der Waals surface area (Å²) in [5, 5.41) is 11.3. The van der Waals surface area contributed by atoms with E-state index in [1.807, 2.05) is 0 Å². The number of nitrogens with one attached hydrogen (secondary N) is 2. The first-order valence-corrected chi connectivity index (χ1v) is 8.38. The zero-order chi connectivity index (χ0) is 15.7. The van der Waals surface area contributed by atoms with E-state index in [0.29, 0.717) is 25.9 Å². The average molecular weight is 314 g/mol. The van der Waals surface area contributed by atoms with Gasteiger partial charge in [-0.25, -0.2) is 13.1 Å². The minimum Gasteiger partial charge on any atom is -0.396 e. The molecule has 1 aromatic carbocycles. The van der Waals surface area contributed by atoms with Crippen molar-refractivity contribution in [3.05, 3.63) is 29.8 Å². The number of rotatable bonds is 9. The van der Waals surface area contributed by atoms with Crippen LogP contribution in [0.15, 0.2) is 29.2 Å². The number of aliphatic hydroxyl groups is 1. The van der Waals surface area contributed by atoms with Gasteiger partial charge in [-0.15, -0.1) is 0 Å². The second-order valence-electron chi connectivity index (χ2n) is 4.74. The van der Waals surface area contributed by atoms with Gasteiger partial charge in [0.05, 0.1) is 4.90 Å². The normalized spacial score (nSPS) is 11.3. The predicted octanol–water partition coefficient (Wildman–Crippen LogP) is 0.764. The molecule has 0 saturated carbocycles. The largest absolute Gasteiger partial charge is 0.396 e. The van der Waals surface area contributed by atoms with Crippen LogP contribution in [0, 0.1) is 0 Å². The number of unbranched alkanes of at least 4 members (excludes halogenated alkanes) is 2. The first-order valence-electron chi connectivity index (χ1n) is 6.89. The van der Waals surface area contributed by atoms with Crippen molar-refractivity contribution < 1.29 is 18.3 Å². The molecule has 0 saturated heterocycles. The van der Waals surface area contributed by atoms with Crippen LogP contribution in [-0.2, 0) is 21.4 Å². The minimum atomic E-state index is -3.50. The highest BCUT2D eigenvalue weighted by Crippen LogP contribution is 2.10. The van der Waals surface area contributed by atoms with E-state index in [1.165, 1.54) is 19.1 Å². The number of aliphatic hydroxyl groups excluding tert-OH is 1. The summed E-state index contributed by atoms with van der Waals surface area (Å²) < 4.78 is 26.5. The molecule has 0 aromatic heterocycles. The summed E-state index contributed by atoms with van der Waals surface area (Å²) in [7, 11) is -3.50. The minimum absolute atomic E-state index is 0.127. The lowest BCUT2D eigenvalue weighted by Gasteiger charge is -2.08. The highest BCUT2D eigenvalue weighted by molar-refractivity contribution is 7.89. The summed E-state index contributed by atoms with van der Waals surface area (Å²) in [5.41, 5.74) is 0.840. The van der Waals surface area contributed by atoms with Gasteiger partial charge in [0, 0.05) is 26.6 Å². The van der Waals surface area contributed by atoms with Gasteiger partial charge in [-0.05, 0) is 37.0 Å². The van der Waals surface area contributed by atoms with Crippen LogP contribution in [0.2, 0.25) is 0 Å². The van der Waals surface area contributed by atoms with E-state index < -0.39 is 10.0 Å². The van der Waals surface area contributed by atoms with Crippen molar-refractivity contribution in [2.45, 2.75) is 37.6 Å². The van der Waals surface area contributed by atoms with E-state index in [2.05, 4.69) is 10.0 Å². The van der Waals surface area contributed by atoms with Gasteiger partial charge in [-0.2, -0.15) is 0 Å². The van der Waals surface area contributed by atoms with Crippen LogP contribution in [0.3, 0.4) is 0 Å². The lowest BCUT2D eigenvalue weighted by atomic mass is 10.2. The maximum absolute atomic E-state index is 12.0. The zero-order valence-corrected chi connectivity index (χ0v) is 12.9. The molecule has 0 atom stereocenters. The van der Waals surface area contributed by atoms with Crippen LogP contribution in [0.25, 0.3) is 0 Å². The molecule has 21 heavy (non-hydrogen) atoms. The molecule has 6 nitrogen and oxygen atoms in total. The Morgan fingerprint density at radius 1 is 1.14 bits per heavy atom. The van der Waals surface area contributed by atoms with Gasteiger partial charge in [-0.3, -0.25) is 4.79 Å². The highest BCUT2D eigenvalue weighted by Gasteiger charge is 2.12. The van der Waals surface area contributed by atoms with Crippen molar-refractivity contribution in [3.8, 4) is 0 Å². The molecule has 1 aromatic rings. The monoisotopic (exact) mass is 314 g/mol. The molecule has 0 aliphatic rings. The topological polar surface area (TPSA) is 95.5 Å². The number of hydrogen-bond donors (Lipinski definition) is 3. The van der Waals surface area contributed by atoms with Gasteiger partial charge in [0.15, 0.2) is 0 Å². The molecular weight excluding hydrogens is 292 g/mol.